The molecule has 12 heteroatoms. The summed E-state index contributed by atoms with van der Waals surface area (Å²) in [7, 11) is 0. The zero-order chi connectivity index (χ0) is 25.7. The van der Waals surface area contributed by atoms with E-state index in [0.717, 1.165) is 28.3 Å². The Hall–Kier alpha value is -3.31. The third-order valence-corrected chi connectivity index (χ3v) is 6.27. The second-order valence-electron chi connectivity index (χ2n) is 9.64. The molecule has 2 amide bonds. The summed E-state index contributed by atoms with van der Waals surface area (Å²) < 4.78 is 41.3. The van der Waals surface area contributed by atoms with Crippen LogP contribution < -0.4 is 10.9 Å². The molecule has 2 fully saturated rings. The highest BCUT2D eigenvalue weighted by atomic mass is 19.4. The molecule has 4 rings (SSSR count). The van der Waals surface area contributed by atoms with Crippen LogP contribution in [0.5, 0.6) is 5.88 Å². The molecule has 2 N–H and O–H groups in total. The Balaban J connectivity index is 1.73. The van der Waals surface area contributed by atoms with Crippen LogP contribution >= 0.6 is 0 Å². The standard InChI is InChI=1S/C23H28F3N5O4/c1-12(2)10-30-20-16(6-7-17(32)29-9-8-14(11-29)23(24,25)26)13(3)28-31(20)22(35)18(21(30)34)19(33)27-15-4-5-15/h6-7,12,14-15,34H,4-5,8-11H2,1-3H3,(H,27,33)/b7-6+. The van der Waals surface area contributed by atoms with E-state index in [0.29, 0.717) is 11.3 Å². The van der Waals surface area contributed by atoms with Crippen molar-refractivity contribution in [1.82, 2.24) is 24.4 Å². The highest BCUT2D eigenvalue weighted by Crippen LogP contribution is 2.33. The van der Waals surface area contributed by atoms with Crippen LogP contribution in [0.1, 0.15) is 54.7 Å². The van der Waals surface area contributed by atoms with E-state index in [2.05, 4.69) is 10.4 Å². The average Bonchev–Trinajstić information content (AvgIpc) is 3.29. The van der Waals surface area contributed by atoms with Gasteiger partial charge in [-0.2, -0.15) is 22.8 Å². The predicted molar refractivity (Wildman–Crippen MR) is 121 cm³/mol. The summed E-state index contributed by atoms with van der Waals surface area (Å²) in [6.45, 7) is 5.24. The minimum atomic E-state index is -4.36. The van der Waals surface area contributed by atoms with Gasteiger partial charge >= 0.3 is 6.18 Å². The van der Waals surface area contributed by atoms with Crippen LogP contribution in [-0.4, -0.2) is 61.3 Å². The first-order valence-electron chi connectivity index (χ1n) is 11.6. The molecule has 0 spiro atoms. The van der Waals surface area contributed by atoms with E-state index in [1.807, 2.05) is 13.8 Å². The number of fused-ring (bicyclic) bond motifs is 1. The van der Waals surface area contributed by atoms with Gasteiger partial charge in [0.1, 0.15) is 5.65 Å². The molecule has 1 aliphatic carbocycles. The molecular weight excluding hydrogens is 467 g/mol. The first-order chi connectivity index (χ1) is 16.4. The van der Waals surface area contributed by atoms with Crippen LogP contribution in [0.2, 0.25) is 0 Å². The van der Waals surface area contributed by atoms with Crippen LogP contribution in [-0.2, 0) is 11.3 Å². The number of rotatable bonds is 6. The van der Waals surface area contributed by atoms with E-state index >= 15 is 0 Å². The highest BCUT2D eigenvalue weighted by molar-refractivity contribution is 5.97. The number of nitrogens with zero attached hydrogens (tertiary/aromatic N) is 4. The zero-order valence-corrected chi connectivity index (χ0v) is 19.7. The number of hydrogen-bond donors (Lipinski definition) is 2. The maximum Gasteiger partial charge on any atom is 0.393 e. The number of aromatic hydroxyl groups is 1. The van der Waals surface area contributed by atoms with E-state index in [1.54, 1.807) is 6.92 Å². The quantitative estimate of drug-likeness (QED) is 0.599. The molecule has 3 heterocycles. The highest BCUT2D eigenvalue weighted by Gasteiger charge is 2.44. The number of halogens is 3. The molecule has 0 aromatic carbocycles. The second kappa shape index (κ2) is 9.04. The van der Waals surface area contributed by atoms with Gasteiger partial charge in [0.25, 0.3) is 11.5 Å². The molecule has 0 radical (unpaired) electrons. The summed E-state index contributed by atoms with van der Waals surface area (Å²) in [4.78, 5) is 39.5. The molecule has 190 valence electrons. The molecule has 1 unspecified atom stereocenters. The van der Waals surface area contributed by atoms with E-state index < -0.39 is 47.5 Å². The van der Waals surface area contributed by atoms with Gasteiger partial charge in [-0.3, -0.25) is 19.0 Å². The number of alkyl halides is 3. The van der Waals surface area contributed by atoms with Crippen molar-refractivity contribution in [3.8, 4) is 5.88 Å². The summed E-state index contributed by atoms with van der Waals surface area (Å²) >= 11 is 0. The fraction of sp³-hybridized carbons (Fsp3) is 0.565. The van der Waals surface area contributed by atoms with Crippen LogP contribution in [0.15, 0.2) is 10.9 Å². The van der Waals surface area contributed by atoms with Crippen molar-refractivity contribution in [2.75, 3.05) is 13.1 Å². The fourth-order valence-corrected chi connectivity index (χ4v) is 4.27. The number of likely N-dealkylation sites (tertiary alicyclic amines) is 1. The van der Waals surface area contributed by atoms with Gasteiger partial charge in [-0.05, 0) is 38.2 Å². The van der Waals surface area contributed by atoms with E-state index in [4.69, 9.17) is 0 Å². The summed E-state index contributed by atoms with van der Waals surface area (Å²) in [5.74, 6) is -3.29. The smallest absolute Gasteiger partial charge is 0.393 e. The van der Waals surface area contributed by atoms with E-state index in [9.17, 15) is 32.7 Å². The zero-order valence-electron chi connectivity index (χ0n) is 19.7. The fourth-order valence-electron chi connectivity index (χ4n) is 4.27. The topological polar surface area (TPSA) is 109 Å². The molecule has 35 heavy (non-hydrogen) atoms. The Morgan fingerprint density at radius 2 is 1.94 bits per heavy atom. The van der Waals surface area contributed by atoms with Gasteiger partial charge in [-0.25, -0.2) is 0 Å². The Morgan fingerprint density at radius 3 is 2.51 bits per heavy atom. The molecule has 1 saturated heterocycles. The number of nitrogens with one attached hydrogen (secondary N) is 1. The molecular formula is C23H28F3N5O4. The summed E-state index contributed by atoms with van der Waals surface area (Å²) in [6.07, 6.45) is -0.352. The van der Waals surface area contributed by atoms with Crippen molar-refractivity contribution in [2.24, 2.45) is 11.8 Å². The lowest BCUT2D eigenvalue weighted by molar-refractivity contribution is -0.170. The summed E-state index contributed by atoms with van der Waals surface area (Å²) in [5.41, 5.74) is -0.295. The van der Waals surface area contributed by atoms with Gasteiger partial charge in [0.15, 0.2) is 5.56 Å². The largest absolute Gasteiger partial charge is 0.494 e. The van der Waals surface area contributed by atoms with Gasteiger partial charge < -0.3 is 15.3 Å². The monoisotopic (exact) mass is 495 g/mol. The first kappa shape index (κ1) is 24.8. The Morgan fingerprint density at radius 1 is 1.26 bits per heavy atom. The first-order valence-corrected chi connectivity index (χ1v) is 11.6. The van der Waals surface area contributed by atoms with Crippen LogP contribution in [0.4, 0.5) is 13.2 Å². The van der Waals surface area contributed by atoms with Crippen LogP contribution in [0, 0.1) is 18.8 Å². The second-order valence-corrected chi connectivity index (χ2v) is 9.64. The van der Waals surface area contributed by atoms with Crippen molar-refractivity contribution in [2.45, 2.75) is 58.8 Å². The van der Waals surface area contributed by atoms with Gasteiger partial charge in [-0.15, -0.1) is 0 Å². The maximum absolute atomic E-state index is 13.1. The SMILES string of the molecule is Cc1nn2c(=O)c(C(=O)NC3CC3)c(O)n(CC(C)C)c2c1/C=C/C(=O)N1CCC(C(F)(F)F)C1. The van der Waals surface area contributed by atoms with E-state index in [1.165, 1.54) is 10.6 Å². The molecule has 2 aromatic rings. The normalized spacial score (nSPS) is 18.8. The maximum atomic E-state index is 13.1. The Labute approximate surface area is 199 Å². The third-order valence-electron chi connectivity index (χ3n) is 6.27. The van der Waals surface area contributed by atoms with Gasteiger partial charge in [0, 0.05) is 37.3 Å². The lowest BCUT2D eigenvalue weighted by atomic mass is 10.1. The number of aromatic nitrogens is 3. The summed E-state index contributed by atoms with van der Waals surface area (Å²) in [5, 5.41) is 17.9. The van der Waals surface area contributed by atoms with Crippen LogP contribution in [0.25, 0.3) is 11.7 Å². The number of aryl methyl sites for hydroxylation is 1. The summed E-state index contributed by atoms with van der Waals surface area (Å²) in [6, 6.07) is -0.0260. The average molecular weight is 496 g/mol. The minimum Gasteiger partial charge on any atom is -0.494 e. The van der Waals surface area contributed by atoms with Crippen molar-refractivity contribution < 1.29 is 27.9 Å². The predicted octanol–water partition coefficient (Wildman–Crippen LogP) is 2.48. The van der Waals surface area contributed by atoms with Crippen molar-refractivity contribution in [1.29, 1.82) is 0 Å². The lowest BCUT2D eigenvalue weighted by Crippen LogP contribution is -2.34. The molecule has 2 aromatic heterocycles. The van der Waals surface area contributed by atoms with Gasteiger partial charge in [0.05, 0.1) is 11.6 Å². The lowest BCUT2D eigenvalue weighted by Gasteiger charge is -2.17. The third kappa shape index (κ3) is 4.92. The van der Waals surface area contributed by atoms with E-state index in [-0.39, 0.29) is 37.1 Å². The minimum absolute atomic E-state index is 0.000592. The number of carbonyl (C=O) groups is 2. The molecule has 1 atom stereocenters. The number of hydrogen-bond acceptors (Lipinski definition) is 5. The molecule has 1 saturated carbocycles. The number of carbonyl (C=O) groups excluding carboxylic acids is 2. The molecule has 0 bridgehead atoms. The molecule has 1 aliphatic heterocycles. The van der Waals surface area contributed by atoms with Crippen molar-refractivity contribution in [3.63, 3.8) is 0 Å². The Bertz CT molecular complexity index is 1260. The number of amides is 2. The van der Waals surface area contributed by atoms with Crippen molar-refractivity contribution in [3.05, 3.63) is 33.3 Å². The van der Waals surface area contributed by atoms with Crippen LogP contribution in [0.3, 0.4) is 0 Å². The molecule has 2 aliphatic rings. The molecule has 9 nitrogen and oxygen atoms in total. The van der Waals surface area contributed by atoms with Crippen molar-refractivity contribution >= 4 is 23.5 Å². The Kier molecular flexibility index (Phi) is 6.41. The van der Waals surface area contributed by atoms with Gasteiger partial charge in [-0.1, -0.05) is 13.8 Å². The van der Waals surface area contributed by atoms with Gasteiger partial charge in [0.2, 0.25) is 11.8 Å².